The molecule has 1 aliphatic heterocycles. The molecule has 6 heteroatoms. The summed E-state index contributed by atoms with van der Waals surface area (Å²) in [6.45, 7) is 9.41. The van der Waals surface area contributed by atoms with Gasteiger partial charge in [-0.3, -0.25) is 9.59 Å². The maximum Gasteiger partial charge on any atom is 0.229 e. The van der Waals surface area contributed by atoms with E-state index in [1.54, 1.807) is 12.0 Å². The Hall–Kier alpha value is -3.02. The van der Waals surface area contributed by atoms with Crippen LogP contribution < -0.4 is 19.7 Å². The predicted octanol–water partition coefficient (Wildman–Crippen LogP) is 4.77. The quantitative estimate of drug-likeness (QED) is 0.695. The van der Waals surface area contributed by atoms with E-state index in [1.165, 1.54) is 0 Å². The molecule has 0 bridgehead atoms. The molecule has 2 aromatic rings. The zero-order valence-corrected chi connectivity index (χ0v) is 19.0. The van der Waals surface area contributed by atoms with Gasteiger partial charge >= 0.3 is 0 Å². The highest BCUT2D eigenvalue weighted by molar-refractivity contribution is 6.04. The van der Waals surface area contributed by atoms with Gasteiger partial charge in [-0.1, -0.05) is 33.8 Å². The van der Waals surface area contributed by atoms with Gasteiger partial charge in [-0.2, -0.15) is 0 Å². The van der Waals surface area contributed by atoms with Crippen LogP contribution in [0.4, 0.5) is 11.4 Å². The molecule has 1 heterocycles. The van der Waals surface area contributed by atoms with Crippen LogP contribution in [0.2, 0.25) is 0 Å². The third kappa shape index (κ3) is 5.37. The van der Waals surface area contributed by atoms with Gasteiger partial charge in [0.05, 0.1) is 25.3 Å². The number of nitrogens with one attached hydrogen (secondary N) is 1. The van der Waals surface area contributed by atoms with Gasteiger partial charge in [0.1, 0.15) is 11.5 Å². The van der Waals surface area contributed by atoms with Crippen molar-refractivity contribution in [2.75, 3.05) is 30.5 Å². The van der Waals surface area contributed by atoms with E-state index in [9.17, 15) is 9.59 Å². The molecule has 31 heavy (non-hydrogen) atoms. The average molecular weight is 425 g/mol. The Bertz CT molecular complexity index is 932. The van der Waals surface area contributed by atoms with Crippen LogP contribution in [0.5, 0.6) is 11.5 Å². The first-order chi connectivity index (χ1) is 14.7. The summed E-state index contributed by atoms with van der Waals surface area (Å²) < 4.78 is 11.0. The van der Waals surface area contributed by atoms with Crippen LogP contribution in [0.3, 0.4) is 0 Å². The first-order valence-electron chi connectivity index (χ1n) is 10.8. The lowest BCUT2D eigenvalue weighted by molar-refractivity contribution is -0.122. The van der Waals surface area contributed by atoms with E-state index in [-0.39, 0.29) is 23.7 Å². The van der Waals surface area contributed by atoms with E-state index in [4.69, 9.17) is 9.47 Å². The van der Waals surface area contributed by atoms with E-state index in [1.807, 2.05) is 42.5 Å². The molecule has 1 atom stereocenters. The number of methoxy groups -OCH3 is 1. The molecule has 0 saturated carbocycles. The predicted molar refractivity (Wildman–Crippen MR) is 123 cm³/mol. The number of hydrogen-bond donors (Lipinski definition) is 1. The van der Waals surface area contributed by atoms with Crippen LogP contribution in [0.15, 0.2) is 42.5 Å². The summed E-state index contributed by atoms with van der Waals surface area (Å²) in [5.74, 6) is 0.718. The van der Waals surface area contributed by atoms with E-state index < -0.39 is 5.92 Å². The smallest absolute Gasteiger partial charge is 0.229 e. The normalized spacial score (nSPS) is 16.4. The maximum absolute atomic E-state index is 13.0. The average Bonchev–Trinajstić information content (AvgIpc) is 3.13. The Balaban J connectivity index is 1.71. The fourth-order valence-electron chi connectivity index (χ4n) is 3.58. The van der Waals surface area contributed by atoms with Gasteiger partial charge in [0.25, 0.3) is 0 Å². The minimum atomic E-state index is -0.425. The molecule has 0 unspecified atom stereocenters. The summed E-state index contributed by atoms with van der Waals surface area (Å²) in [5, 5.41) is 2.98. The Morgan fingerprint density at radius 1 is 1.16 bits per heavy atom. The Labute approximate surface area is 184 Å². The van der Waals surface area contributed by atoms with Gasteiger partial charge in [-0.15, -0.1) is 0 Å². The van der Waals surface area contributed by atoms with Crippen LogP contribution in [-0.2, 0) is 15.0 Å². The van der Waals surface area contributed by atoms with E-state index in [0.717, 1.165) is 23.4 Å². The highest BCUT2D eigenvalue weighted by Crippen LogP contribution is 2.33. The molecule has 1 aliphatic rings. The lowest BCUT2D eigenvalue weighted by Crippen LogP contribution is -2.28. The third-order valence-electron chi connectivity index (χ3n) is 5.44. The van der Waals surface area contributed by atoms with Gasteiger partial charge < -0.3 is 19.7 Å². The van der Waals surface area contributed by atoms with Gasteiger partial charge in [-0.25, -0.2) is 0 Å². The number of rotatable bonds is 7. The largest absolute Gasteiger partial charge is 0.495 e. The first kappa shape index (κ1) is 22.7. The third-order valence-corrected chi connectivity index (χ3v) is 5.44. The minimum Gasteiger partial charge on any atom is -0.495 e. The number of carbonyl (C=O) groups is 2. The molecule has 3 rings (SSSR count). The zero-order chi connectivity index (χ0) is 22.6. The highest BCUT2D eigenvalue weighted by Gasteiger charge is 2.35. The van der Waals surface area contributed by atoms with Crippen molar-refractivity contribution < 1.29 is 19.1 Å². The summed E-state index contributed by atoms with van der Waals surface area (Å²) in [6.07, 6.45) is 1.12. The number of carbonyl (C=O) groups excluding carboxylic acids is 2. The topological polar surface area (TPSA) is 67.9 Å². The van der Waals surface area contributed by atoms with Crippen LogP contribution >= 0.6 is 0 Å². The van der Waals surface area contributed by atoms with Gasteiger partial charge in [0.2, 0.25) is 11.8 Å². The van der Waals surface area contributed by atoms with Gasteiger partial charge in [-0.05, 0) is 53.8 Å². The molecule has 1 N–H and O–H groups in total. The molecular formula is C25H32N2O4. The Kier molecular flexibility index (Phi) is 6.88. The molecule has 166 valence electrons. The van der Waals surface area contributed by atoms with Crippen molar-refractivity contribution >= 4 is 23.2 Å². The summed E-state index contributed by atoms with van der Waals surface area (Å²) in [7, 11) is 1.58. The summed E-state index contributed by atoms with van der Waals surface area (Å²) in [6, 6.07) is 13.2. The Morgan fingerprint density at radius 2 is 1.87 bits per heavy atom. The molecule has 6 nitrogen and oxygen atoms in total. The summed E-state index contributed by atoms with van der Waals surface area (Å²) >= 11 is 0. The molecule has 0 aromatic heterocycles. The lowest BCUT2D eigenvalue weighted by atomic mass is 9.86. The number of anilines is 2. The van der Waals surface area contributed by atoms with Crippen molar-refractivity contribution in [3.8, 4) is 11.5 Å². The van der Waals surface area contributed by atoms with Crippen molar-refractivity contribution in [3.05, 3.63) is 48.0 Å². The van der Waals surface area contributed by atoms with Gasteiger partial charge in [0, 0.05) is 18.7 Å². The van der Waals surface area contributed by atoms with Crippen molar-refractivity contribution in [2.45, 2.75) is 46.0 Å². The van der Waals surface area contributed by atoms with Crippen molar-refractivity contribution in [3.63, 3.8) is 0 Å². The molecule has 0 radical (unpaired) electrons. The first-order valence-corrected chi connectivity index (χ1v) is 10.8. The van der Waals surface area contributed by atoms with Crippen LogP contribution in [0, 0.1) is 5.92 Å². The summed E-state index contributed by atoms with van der Waals surface area (Å²) in [4.78, 5) is 27.2. The monoisotopic (exact) mass is 424 g/mol. The standard InChI is InChI=1S/C25H32N2O4/c1-6-13-31-20-10-8-19(9-11-20)27-16-17(14-23(27)28)24(29)26-21-15-18(25(2,3)4)7-12-22(21)30-5/h7-12,15,17H,6,13-14,16H2,1-5H3,(H,26,29)/t17-/m0/s1. The minimum absolute atomic E-state index is 0.0567. The zero-order valence-electron chi connectivity index (χ0n) is 19.0. The fraction of sp³-hybridized carbons (Fsp3) is 0.440. The fourth-order valence-corrected chi connectivity index (χ4v) is 3.58. The van der Waals surface area contributed by atoms with Crippen molar-refractivity contribution in [1.29, 1.82) is 0 Å². The van der Waals surface area contributed by atoms with Crippen LogP contribution in [-0.4, -0.2) is 32.1 Å². The number of nitrogens with zero attached hydrogens (tertiary/aromatic N) is 1. The molecule has 2 amide bonds. The molecule has 2 aromatic carbocycles. The van der Waals surface area contributed by atoms with E-state index in [2.05, 4.69) is 33.0 Å². The second kappa shape index (κ2) is 9.41. The van der Waals surface area contributed by atoms with E-state index >= 15 is 0 Å². The van der Waals surface area contributed by atoms with Crippen molar-refractivity contribution in [1.82, 2.24) is 0 Å². The number of benzene rings is 2. The number of hydrogen-bond acceptors (Lipinski definition) is 4. The van der Waals surface area contributed by atoms with Crippen LogP contribution in [0.25, 0.3) is 0 Å². The highest BCUT2D eigenvalue weighted by atomic mass is 16.5. The molecular weight excluding hydrogens is 392 g/mol. The van der Waals surface area contributed by atoms with Gasteiger partial charge in [0.15, 0.2) is 0 Å². The summed E-state index contributed by atoms with van der Waals surface area (Å²) in [5.41, 5.74) is 2.44. The number of amides is 2. The second-order valence-corrected chi connectivity index (χ2v) is 8.90. The number of ether oxygens (including phenoxy) is 2. The van der Waals surface area contributed by atoms with E-state index in [0.29, 0.717) is 24.6 Å². The molecule has 1 fully saturated rings. The maximum atomic E-state index is 13.0. The molecule has 0 spiro atoms. The van der Waals surface area contributed by atoms with Crippen LogP contribution in [0.1, 0.15) is 46.1 Å². The Morgan fingerprint density at radius 3 is 2.48 bits per heavy atom. The SMILES string of the molecule is CCCOc1ccc(N2C[C@@H](C(=O)Nc3cc(C(C)(C)C)ccc3OC)CC2=O)cc1. The lowest BCUT2D eigenvalue weighted by Gasteiger charge is -2.22. The second-order valence-electron chi connectivity index (χ2n) is 8.90. The van der Waals surface area contributed by atoms with Crippen molar-refractivity contribution in [2.24, 2.45) is 5.92 Å². The molecule has 0 aliphatic carbocycles. The molecule has 1 saturated heterocycles.